The van der Waals surface area contributed by atoms with E-state index in [1.807, 2.05) is 12.1 Å². The molecule has 4 aromatic carbocycles. The number of nitrogens with zero attached hydrogens (tertiary/aromatic N) is 1. The number of aryl methyl sites for hydroxylation is 1. The van der Waals surface area contributed by atoms with E-state index in [-0.39, 0.29) is 10.7 Å². The molecule has 2 unspecified atom stereocenters. The third-order valence-electron chi connectivity index (χ3n) is 8.48. The molecule has 6 rings (SSSR count). The SMILES string of the molecule is Cc1ccc(S(=O)(=O)OC2=CS[C@H]3[C@H](NC(=O)C(NC(=O)OC(C)(C)C)c4ccccc4)C(=O)N3C2C(=O)OC(c2ccccc2)c2ccccc2)cc1. The van der Waals surface area contributed by atoms with Crippen molar-refractivity contribution in [2.24, 2.45) is 0 Å². The highest BCUT2D eigenvalue weighted by atomic mass is 32.2. The predicted octanol–water partition coefficient (Wildman–Crippen LogP) is 5.91. The molecule has 2 heterocycles. The molecular weight excluding hydrogens is 731 g/mol. The number of carbonyl (C=O) groups is 4. The van der Waals surface area contributed by atoms with Crippen LogP contribution in [0.5, 0.6) is 0 Å². The van der Waals surface area contributed by atoms with Crippen LogP contribution in [-0.4, -0.2) is 60.3 Å². The first kappa shape index (κ1) is 38.1. The summed E-state index contributed by atoms with van der Waals surface area (Å²) in [7, 11) is -4.46. The molecule has 2 aliphatic heterocycles. The van der Waals surface area contributed by atoms with E-state index < -0.39 is 69.2 Å². The van der Waals surface area contributed by atoms with E-state index in [1.165, 1.54) is 17.5 Å². The van der Waals surface area contributed by atoms with Crippen molar-refractivity contribution in [3.63, 3.8) is 0 Å². The summed E-state index contributed by atoms with van der Waals surface area (Å²) < 4.78 is 44.1. The number of nitrogens with one attached hydrogen (secondary N) is 2. The van der Waals surface area contributed by atoms with Crippen LogP contribution in [0.2, 0.25) is 0 Å². The number of thioether (sulfide) groups is 1. The first-order valence-electron chi connectivity index (χ1n) is 17.1. The Morgan fingerprint density at radius 3 is 1.87 bits per heavy atom. The molecule has 2 N–H and O–H groups in total. The highest BCUT2D eigenvalue weighted by Gasteiger charge is 2.58. The van der Waals surface area contributed by atoms with E-state index >= 15 is 0 Å². The average molecular weight is 770 g/mol. The van der Waals surface area contributed by atoms with Gasteiger partial charge in [-0.2, -0.15) is 8.42 Å². The maximum absolute atomic E-state index is 14.3. The topological polar surface area (TPSA) is 157 Å². The van der Waals surface area contributed by atoms with Crippen LogP contribution in [0.15, 0.2) is 131 Å². The lowest BCUT2D eigenvalue weighted by molar-refractivity contribution is -0.166. The molecule has 4 aromatic rings. The summed E-state index contributed by atoms with van der Waals surface area (Å²) in [4.78, 5) is 55.9. The first-order chi connectivity index (χ1) is 25.7. The molecule has 1 saturated heterocycles. The Morgan fingerprint density at radius 2 is 1.33 bits per heavy atom. The molecule has 54 heavy (non-hydrogen) atoms. The first-order valence-corrected chi connectivity index (χ1v) is 19.4. The third kappa shape index (κ3) is 8.61. The highest BCUT2D eigenvalue weighted by Crippen LogP contribution is 2.42. The monoisotopic (exact) mass is 769 g/mol. The van der Waals surface area contributed by atoms with Crippen molar-refractivity contribution < 1.29 is 41.3 Å². The molecule has 2 aliphatic rings. The number of hydrogen-bond acceptors (Lipinski definition) is 10. The number of benzene rings is 4. The van der Waals surface area contributed by atoms with Crippen molar-refractivity contribution in [2.45, 2.75) is 67.8 Å². The summed E-state index contributed by atoms with van der Waals surface area (Å²) in [6.45, 7) is 6.87. The van der Waals surface area contributed by atoms with Gasteiger partial charge in [-0.25, -0.2) is 9.59 Å². The van der Waals surface area contributed by atoms with Gasteiger partial charge in [0.05, 0.1) is 0 Å². The minimum absolute atomic E-state index is 0.149. The van der Waals surface area contributed by atoms with Crippen molar-refractivity contribution >= 4 is 45.8 Å². The van der Waals surface area contributed by atoms with Gasteiger partial charge in [0.15, 0.2) is 17.9 Å². The molecular formula is C40H39N3O9S2. The highest BCUT2D eigenvalue weighted by molar-refractivity contribution is 8.03. The standard InChI is InChI=1S/C40H39N3O9S2/c1-25-20-22-29(23-21-25)54(48,49)52-30-24-53-37-32(41-35(44)31(26-14-8-5-9-15-26)42-39(47)51-40(2,3)4)36(45)43(37)33(30)38(46)50-34(27-16-10-6-11-17-27)28-18-12-7-13-19-28/h5-24,31-34,37H,1-4H3,(H,41,44)(H,42,47)/t31?,32-,33?,37+/m1/s1. The smallest absolute Gasteiger partial charge is 0.408 e. The number of rotatable bonds is 11. The summed E-state index contributed by atoms with van der Waals surface area (Å²) in [5.74, 6) is -2.68. The van der Waals surface area contributed by atoms with E-state index in [9.17, 15) is 27.6 Å². The third-order valence-corrected chi connectivity index (χ3v) is 10.9. The van der Waals surface area contributed by atoms with Crippen molar-refractivity contribution in [1.82, 2.24) is 15.5 Å². The summed E-state index contributed by atoms with van der Waals surface area (Å²) in [5, 5.41) is 5.78. The van der Waals surface area contributed by atoms with Crippen LogP contribution in [-0.2, 0) is 38.2 Å². The Balaban J connectivity index is 1.30. The minimum atomic E-state index is -4.46. The number of amides is 3. The lowest BCUT2D eigenvalue weighted by atomic mass is 9.99. The van der Waals surface area contributed by atoms with E-state index in [1.54, 1.807) is 119 Å². The minimum Gasteiger partial charge on any atom is -0.451 e. The second-order valence-electron chi connectivity index (χ2n) is 13.7. The van der Waals surface area contributed by atoms with Gasteiger partial charge in [0.25, 0.3) is 0 Å². The van der Waals surface area contributed by atoms with Gasteiger partial charge in [0.1, 0.15) is 28.0 Å². The van der Waals surface area contributed by atoms with Gasteiger partial charge in [-0.05, 0) is 56.5 Å². The van der Waals surface area contributed by atoms with Gasteiger partial charge in [-0.1, -0.05) is 109 Å². The number of hydrogen-bond donors (Lipinski definition) is 2. The number of alkyl carbamates (subject to hydrolysis) is 1. The van der Waals surface area contributed by atoms with Crippen molar-refractivity contribution in [1.29, 1.82) is 0 Å². The molecule has 0 bridgehead atoms. The van der Waals surface area contributed by atoms with Crippen LogP contribution >= 0.6 is 11.8 Å². The number of ether oxygens (including phenoxy) is 2. The molecule has 4 atom stereocenters. The number of β-lactam (4-membered cyclic amide) rings is 1. The van der Waals surface area contributed by atoms with Crippen LogP contribution in [0.1, 0.15) is 55.2 Å². The van der Waals surface area contributed by atoms with E-state index in [4.69, 9.17) is 13.7 Å². The number of fused-ring (bicyclic) bond motifs is 1. The van der Waals surface area contributed by atoms with Crippen molar-refractivity contribution in [2.75, 3.05) is 0 Å². The summed E-state index contributed by atoms with van der Waals surface area (Å²) in [6.07, 6.45) is -1.76. The molecule has 14 heteroatoms. The normalized spacial score (nSPS) is 18.7. The van der Waals surface area contributed by atoms with Crippen LogP contribution in [0.4, 0.5) is 4.79 Å². The second-order valence-corrected chi connectivity index (χ2v) is 16.2. The summed E-state index contributed by atoms with van der Waals surface area (Å²) in [6, 6.07) is 28.4. The summed E-state index contributed by atoms with van der Waals surface area (Å²) in [5.41, 5.74) is 1.71. The van der Waals surface area contributed by atoms with Gasteiger partial charge in [-0.3, -0.25) is 9.59 Å². The fraction of sp³-hybridized carbons (Fsp3) is 0.250. The van der Waals surface area contributed by atoms with Gasteiger partial charge < -0.3 is 29.2 Å². The second kappa shape index (κ2) is 15.8. The number of esters is 1. The molecule has 1 fully saturated rings. The molecule has 280 valence electrons. The Morgan fingerprint density at radius 1 is 0.796 bits per heavy atom. The maximum Gasteiger partial charge on any atom is 0.408 e. The maximum atomic E-state index is 14.3. The lowest BCUT2D eigenvalue weighted by Crippen LogP contribution is -2.74. The quantitative estimate of drug-likeness (QED) is 0.107. The molecule has 0 saturated carbocycles. The predicted molar refractivity (Wildman–Crippen MR) is 201 cm³/mol. The van der Waals surface area contributed by atoms with Crippen molar-refractivity contribution in [3.8, 4) is 0 Å². The number of carbonyl (C=O) groups excluding carboxylic acids is 4. The van der Waals surface area contributed by atoms with E-state index in [2.05, 4.69) is 10.6 Å². The molecule has 12 nitrogen and oxygen atoms in total. The molecule has 3 amide bonds. The zero-order valence-corrected chi connectivity index (χ0v) is 31.5. The Hall–Kier alpha value is -5.60. The van der Waals surface area contributed by atoms with Crippen molar-refractivity contribution in [3.05, 3.63) is 149 Å². The summed E-state index contributed by atoms with van der Waals surface area (Å²) >= 11 is 0.994. The Kier molecular flexibility index (Phi) is 11.1. The lowest BCUT2D eigenvalue weighted by Gasteiger charge is -2.51. The van der Waals surface area contributed by atoms with Gasteiger partial charge in [0, 0.05) is 5.41 Å². The van der Waals surface area contributed by atoms with Crippen LogP contribution in [0.3, 0.4) is 0 Å². The largest absolute Gasteiger partial charge is 0.451 e. The van der Waals surface area contributed by atoms with Crippen LogP contribution in [0, 0.1) is 6.92 Å². The van der Waals surface area contributed by atoms with Crippen LogP contribution < -0.4 is 10.6 Å². The van der Waals surface area contributed by atoms with E-state index in [0.29, 0.717) is 16.7 Å². The fourth-order valence-electron chi connectivity index (χ4n) is 5.92. The molecule has 0 aliphatic carbocycles. The molecule has 0 spiro atoms. The average Bonchev–Trinajstić information content (AvgIpc) is 3.15. The fourth-order valence-corrected chi connectivity index (χ4v) is 8.09. The zero-order valence-electron chi connectivity index (χ0n) is 29.9. The van der Waals surface area contributed by atoms with E-state index in [0.717, 1.165) is 22.2 Å². The Bertz CT molecular complexity index is 2100. The van der Waals surface area contributed by atoms with Gasteiger partial charge >= 0.3 is 22.2 Å². The zero-order chi connectivity index (χ0) is 38.6. The van der Waals surface area contributed by atoms with Gasteiger partial charge in [0.2, 0.25) is 11.8 Å². The Labute approximate surface area is 318 Å². The molecule has 0 aromatic heterocycles. The molecule has 0 radical (unpaired) electrons. The van der Waals surface area contributed by atoms with Crippen LogP contribution in [0.25, 0.3) is 0 Å². The van der Waals surface area contributed by atoms with Gasteiger partial charge in [-0.15, -0.1) is 11.8 Å².